The van der Waals surface area contributed by atoms with Gasteiger partial charge in [0, 0.05) is 10.7 Å². The van der Waals surface area contributed by atoms with Crippen LogP contribution >= 0.6 is 50.7 Å². The van der Waals surface area contributed by atoms with Crippen LogP contribution in [-0.4, -0.2) is 12.5 Å². The summed E-state index contributed by atoms with van der Waals surface area (Å²) in [5.41, 5.74) is 2.69. The van der Waals surface area contributed by atoms with Gasteiger partial charge < -0.3 is 14.8 Å². The van der Waals surface area contributed by atoms with Gasteiger partial charge in [-0.1, -0.05) is 46.9 Å². The minimum Gasteiger partial charge on any atom is -0.490 e. The molecule has 0 saturated heterocycles. The number of hydrogen-bond acceptors (Lipinski definition) is 4. The molecule has 0 unspecified atom stereocenters. The molecule has 1 amide bonds. The molecule has 1 N–H and O–H groups in total. The summed E-state index contributed by atoms with van der Waals surface area (Å²) in [6, 6.07) is 15.8. The lowest BCUT2D eigenvalue weighted by Gasteiger charge is -2.15. The van der Waals surface area contributed by atoms with Crippen LogP contribution in [0.5, 0.6) is 11.5 Å². The molecule has 0 fully saturated rings. The van der Waals surface area contributed by atoms with Crippen LogP contribution in [0.25, 0.3) is 6.08 Å². The number of rotatable bonds is 8. The largest absolute Gasteiger partial charge is 0.490 e. The predicted molar refractivity (Wildman–Crippen MR) is 145 cm³/mol. The highest BCUT2D eigenvalue weighted by Crippen LogP contribution is 2.38. The lowest BCUT2D eigenvalue weighted by molar-refractivity contribution is -0.112. The fourth-order valence-electron chi connectivity index (χ4n) is 3.09. The van der Waals surface area contributed by atoms with Gasteiger partial charge in [0.1, 0.15) is 18.2 Å². The Morgan fingerprint density at radius 3 is 2.54 bits per heavy atom. The third kappa shape index (κ3) is 7.16. The molecule has 3 aromatic rings. The average Bonchev–Trinajstić information content (AvgIpc) is 2.81. The van der Waals surface area contributed by atoms with E-state index in [4.69, 9.17) is 44.3 Å². The number of anilines is 1. The molecule has 0 aliphatic carbocycles. The van der Waals surface area contributed by atoms with Crippen LogP contribution in [-0.2, 0) is 11.4 Å². The number of carbonyl (C=O) groups is 1. The standard InChI is InChI=1S/C26H20BrCl3N2O3/c1-3-34-24-11-17(8-18(13-31)26(33)32-23-12-19(28)6-4-15(23)2)9-20(27)25(24)35-14-16-5-7-21(29)22(30)10-16/h4-12H,3,14H2,1-2H3,(H,32,33)/b18-8+. The highest BCUT2D eigenvalue weighted by Gasteiger charge is 2.16. The summed E-state index contributed by atoms with van der Waals surface area (Å²) in [4.78, 5) is 12.8. The molecular weight excluding hydrogens is 575 g/mol. The molecule has 35 heavy (non-hydrogen) atoms. The van der Waals surface area contributed by atoms with E-state index in [0.29, 0.717) is 48.9 Å². The summed E-state index contributed by atoms with van der Waals surface area (Å²) >= 11 is 21.6. The number of hydrogen-bond donors (Lipinski definition) is 1. The molecule has 0 saturated carbocycles. The Hall–Kier alpha value is -2.69. The van der Waals surface area contributed by atoms with Crippen molar-refractivity contribution in [2.45, 2.75) is 20.5 Å². The second-order valence-electron chi connectivity index (χ2n) is 7.38. The van der Waals surface area contributed by atoms with Crippen molar-refractivity contribution in [1.29, 1.82) is 5.26 Å². The van der Waals surface area contributed by atoms with E-state index in [1.807, 2.05) is 26.0 Å². The maximum atomic E-state index is 12.8. The highest BCUT2D eigenvalue weighted by atomic mass is 79.9. The first-order valence-electron chi connectivity index (χ1n) is 10.4. The number of nitriles is 1. The molecule has 0 aliphatic heterocycles. The van der Waals surface area contributed by atoms with Gasteiger partial charge in [-0.2, -0.15) is 5.26 Å². The SMILES string of the molecule is CCOc1cc(/C=C(\C#N)C(=O)Nc2cc(Cl)ccc2C)cc(Br)c1OCc1ccc(Cl)c(Cl)c1. The van der Waals surface area contributed by atoms with E-state index in [-0.39, 0.29) is 12.2 Å². The van der Waals surface area contributed by atoms with E-state index in [2.05, 4.69) is 21.2 Å². The third-order valence-corrected chi connectivity index (χ3v) is 6.39. The van der Waals surface area contributed by atoms with Crippen molar-refractivity contribution in [3.63, 3.8) is 0 Å². The minimum absolute atomic E-state index is 0.0804. The quantitative estimate of drug-likeness (QED) is 0.211. The van der Waals surface area contributed by atoms with Gasteiger partial charge in [-0.05, 0) is 88.9 Å². The third-order valence-electron chi connectivity index (χ3n) is 4.82. The van der Waals surface area contributed by atoms with Gasteiger partial charge in [0.25, 0.3) is 5.91 Å². The Labute approximate surface area is 227 Å². The fourth-order valence-corrected chi connectivity index (χ4v) is 4.16. The van der Waals surface area contributed by atoms with E-state index in [1.54, 1.807) is 42.5 Å². The number of benzene rings is 3. The summed E-state index contributed by atoms with van der Waals surface area (Å²) in [6.07, 6.45) is 1.48. The van der Waals surface area contributed by atoms with E-state index in [9.17, 15) is 10.1 Å². The molecule has 9 heteroatoms. The summed E-state index contributed by atoms with van der Waals surface area (Å²) < 4.78 is 12.3. The zero-order valence-corrected chi connectivity index (χ0v) is 22.6. The summed E-state index contributed by atoms with van der Waals surface area (Å²) in [5, 5.41) is 13.7. The first kappa shape index (κ1) is 26.9. The highest BCUT2D eigenvalue weighted by molar-refractivity contribution is 9.10. The van der Waals surface area contributed by atoms with Crippen LogP contribution in [0.15, 0.2) is 58.6 Å². The summed E-state index contributed by atoms with van der Waals surface area (Å²) in [6.45, 7) is 4.31. The molecule has 180 valence electrons. The number of nitrogens with one attached hydrogen (secondary N) is 1. The summed E-state index contributed by atoms with van der Waals surface area (Å²) in [5.74, 6) is 0.385. The van der Waals surface area contributed by atoms with Gasteiger partial charge in [-0.3, -0.25) is 4.79 Å². The first-order chi connectivity index (χ1) is 16.7. The van der Waals surface area contributed by atoms with Gasteiger partial charge in [0.15, 0.2) is 11.5 Å². The molecule has 3 aromatic carbocycles. The van der Waals surface area contributed by atoms with Crippen molar-refractivity contribution in [3.05, 3.63) is 90.3 Å². The molecular formula is C26H20BrCl3N2O3. The molecule has 0 atom stereocenters. The Morgan fingerprint density at radius 1 is 1.09 bits per heavy atom. The van der Waals surface area contributed by atoms with Crippen LogP contribution < -0.4 is 14.8 Å². The second kappa shape index (κ2) is 12.3. The molecule has 5 nitrogen and oxygen atoms in total. The van der Waals surface area contributed by atoms with Gasteiger partial charge in [-0.15, -0.1) is 0 Å². The van der Waals surface area contributed by atoms with Crippen LogP contribution in [0.2, 0.25) is 15.1 Å². The van der Waals surface area contributed by atoms with Gasteiger partial charge >= 0.3 is 0 Å². The molecule has 0 aromatic heterocycles. The average molecular weight is 595 g/mol. The Bertz CT molecular complexity index is 1340. The predicted octanol–water partition coefficient (Wildman–Crippen LogP) is 8.24. The van der Waals surface area contributed by atoms with Crippen LogP contribution in [0.1, 0.15) is 23.6 Å². The van der Waals surface area contributed by atoms with Crippen molar-refractivity contribution < 1.29 is 14.3 Å². The number of nitrogens with zero attached hydrogens (tertiary/aromatic N) is 1. The lowest BCUT2D eigenvalue weighted by Crippen LogP contribution is -2.14. The van der Waals surface area contributed by atoms with E-state index in [1.165, 1.54) is 6.08 Å². The van der Waals surface area contributed by atoms with Crippen molar-refractivity contribution in [2.75, 3.05) is 11.9 Å². The number of aryl methyl sites for hydroxylation is 1. The second-order valence-corrected chi connectivity index (χ2v) is 9.49. The van der Waals surface area contributed by atoms with E-state index in [0.717, 1.165) is 11.1 Å². The first-order valence-corrected chi connectivity index (χ1v) is 12.4. The molecule has 0 radical (unpaired) electrons. The number of carbonyl (C=O) groups excluding carboxylic acids is 1. The maximum Gasteiger partial charge on any atom is 0.266 e. The van der Waals surface area contributed by atoms with Gasteiger partial charge in [-0.25, -0.2) is 0 Å². The molecule has 0 heterocycles. The Kier molecular flexibility index (Phi) is 9.47. The van der Waals surface area contributed by atoms with Crippen molar-refractivity contribution >= 4 is 68.4 Å². The smallest absolute Gasteiger partial charge is 0.266 e. The Balaban J connectivity index is 1.86. The number of amides is 1. The normalized spacial score (nSPS) is 11.1. The fraction of sp³-hybridized carbons (Fsp3) is 0.154. The van der Waals surface area contributed by atoms with Crippen molar-refractivity contribution in [1.82, 2.24) is 0 Å². The number of ether oxygens (including phenoxy) is 2. The molecule has 0 aliphatic rings. The van der Waals surface area contributed by atoms with Gasteiger partial charge in [0.05, 0.1) is 21.1 Å². The van der Waals surface area contributed by atoms with Crippen molar-refractivity contribution in [3.8, 4) is 17.6 Å². The zero-order chi connectivity index (χ0) is 25.5. The monoisotopic (exact) mass is 592 g/mol. The topological polar surface area (TPSA) is 71.3 Å². The van der Waals surface area contributed by atoms with Crippen LogP contribution in [0, 0.1) is 18.3 Å². The van der Waals surface area contributed by atoms with Crippen molar-refractivity contribution in [2.24, 2.45) is 0 Å². The molecule has 0 spiro atoms. The molecule has 3 rings (SSSR count). The Morgan fingerprint density at radius 2 is 1.86 bits per heavy atom. The van der Waals surface area contributed by atoms with Crippen LogP contribution in [0.3, 0.4) is 0 Å². The zero-order valence-electron chi connectivity index (χ0n) is 18.8. The van der Waals surface area contributed by atoms with E-state index >= 15 is 0 Å². The van der Waals surface area contributed by atoms with Crippen LogP contribution in [0.4, 0.5) is 5.69 Å². The van der Waals surface area contributed by atoms with E-state index < -0.39 is 5.91 Å². The molecule has 0 bridgehead atoms. The maximum absolute atomic E-state index is 12.8. The van der Waals surface area contributed by atoms with Gasteiger partial charge in [0.2, 0.25) is 0 Å². The minimum atomic E-state index is -0.549. The number of halogens is 4. The summed E-state index contributed by atoms with van der Waals surface area (Å²) in [7, 11) is 0. The lowest BCUT2D eigenvalue weighted by atomic mass is 10.1.